The van der Waals surface area contributed by atoms with Crippen LogP contribution >= 0.6 is 22.9 Å². The maximum atomic E-state index is 6.26. The predicted molar refractivity (Wildman–Crippen MR) is 91.0 cm³/mol. The second kappa shape index (κ2) is 6.96. The van der Waals surface area contributed by atoms with Crippen molar-refractivity contribution in [3.05, 3.63) is 34.7 Å². The Morgan fingerprint density at radius 2 is 2.23 bits per heavy atom. The molecule has 0 spiro atoms. The molecule has 2 heterocycles. The van der Waals surface area contributed by atoms with E-state index in [9.17, 15) is 0 Å². The Labute approximate surface area is 139 Å². The average molecular weight is 339 g/mol. The van der Waals surface area contributed by atoms with Crippen LogP contribution in [0.15, 0.2) is 29.6 Å². The minimum Gasteiger partial charge on any atom is -0.382 e. The highest BCUT2D eigenvalue weighted by Crippen LogP contribution is 2.32. The fourth-order valence-electron chi connectivity index (χ4n) is 2.68. The number of morpholine rings is 1. The number of nitrogens with zero attached hydrogens (tertiary/aromatic N) is 2. The molecule has 6 heteroatoms. The van der Waals surface area contributed by atoms with Crippen LogP contribution in [0.25, 0.3) is 11.3 Å². The number of thiazole rings is 1. The van der Waals surface area contributed by atoms with E-state index in [-0.39, 0.29) is 12.2 Å². The summed E-state index contributed by atoms with van der Waals surface area (Å²) in [5, 5.41) is 3.79. The molecule has 1 fully saturated rings. The number of hydrogen-bond acceptors (Lipinski definition) is 5. The minimum absolute atomic E-state index is 0.0846. The fourth-order valence-corrected chi connectivity index (χ4v) is 3.76. The number of anilines is 1. The molecule has 1 aliphatic rings. The molecule has 0 aliphatic carbocycles. The van der Waals surface area contributed by atoms with E-state index in [1.807, 2.05) is 24.3 Å². The molecule has 0 saturated carbocycles. The Hall–Kier alpha value is -1.14. The van der Waals surface area contributed by atoms with Gasteiger partial charge in [0.25, 0.3) is 0 Å². The highest BCUT2D eigenvalue weighted by Gasteiger charge is 2.27. The first-order valence-electron chi connectivity index (χ1n) is 7.27. The normalized spacial score (nSPS) is 22.0. The number of rotatable bonds is 4. The van der Waals surface area contributed by atoms with Gasteiger partial charge in [0.05, 0.1) is 24.5 Å². The van der Waals surface area contributed by atoms with Gasteiger partial charge in [0, 0.05) is 36.2 Å². The van der Waals surface area contributed by atoms with Crippen LogP contribution in [-0.2, 0) is 9.47 Å². The molecular formula is C16H19ClN2O2S. The molecule has 1 aliphatic heterocycles. The van der Waals surface area contributed by atoms with E-state index in [0.717, 1.165) is 34.5 Å². The molecule has 118 valence electrons. The Morgan fingerprint density at radius 3 is 3.00 bits per heavy atom. The van der Waals surface area contributed by atoms with Gasteiger partial charge in [-0.25, -0.2) is 4.98 Å². The van der Waals surface area contributed by atoms with Gasteiger partial charge >= 0.3 is 0 Å². The Morgan fingerprint density at radius 1 is 1.41 bits per heavy atom. The van der Waals surface area contributed by atoms with Crippen LogP contribution < -0.4 is 4.90 Å². The standard InChI is InChI=1S/C16H19ClN2O2S/c1-11-7-19(8-12(21-11)9-20-2)16-18-15(10-22-16)13-5-3-4-6-14(13)17/h3-6,10-12H,7-9H2,1-2H3. The molecule has 22 heavy (non-hydrogen) atoms. The highest BCUT2D eigenvalue weighted by atomic mass is 35.5. The Balaban J connectivity index is 1.80. The molecule has 2 atom stereocenters. The summed E-state index contributed by atoms with van der Waals surface area (Å²) in [6, 6.07) is 7.79. The van der Waals surface area contributed by atoms with Crippen LogP contribution in [0.5, 0.6) is 0 Å². The summed E-state index contributed by atoms with van der Waals surface area (Å²) in [4.78, 5) is 7.02. The summed E-state index contributed by atoms with van der Waals surface area (Å²) in [5.41, 5.74) is 1.90. The lowest BCUT2D eigenvalue weighted by atomic mass is 10.2. The van der Waals surface area contributed by atoms with Gasteiger partial charge in [-0.2, -0.15) is 0 Å². The van der Waals surface area contributed by atoms with Crippen molar-refractivity contribution in [3.63, 3.8) is 0 Å². The van der Waals surface area contributed by atoms with Gasteiger partial charge in [-0.15, -0.1) is 11.3 Å². The van der Waals surface area contributed by atoms with Crippen molar-refractivity contribution < 1.29 is 9.47 Å². The maximum Gasteiger partial charge on any atom is 0.186 e. The monoisotopic (exact) mass is 338 g/mol. The van der Waals surface area contributed by atoms with E-state index in [0.29, 0.717) is 6.61 Å². The summed E-state index contributed by atoms with van der Waals surface area (Å²) in [6.45, 7) is 4.32. The number of methoxy groups -OCH3 is 1. The predicted octanol–water partition coefficient (Wildman–Crippen LogP) is 3.70. The quantitative estimate of drug-likeness (QED) is 0.851. The van der Waals surface area contributed by atoms with Crippen molar-refractivity contribution in [2.45, 2.75) is 19.1 Å². The van der Waals surface area contributed by atoms with E-state index in [1.54, 1.807) is 18.4 Å². The molecule has 0 bridgehead atoms. The van der Waals surface area contributed by atoms with Gasteiger partial charge in [-0.1, -0.05) is 29.8 Å². The molecule has 3 rings (SSSR count). The van der Waals surface area contributed by atoms with Crippen LogP contribution in [0.4, 0.5) is 5.13 Å². The highest BCUT2D eigenvalue weighted by molar-refractivity contribution is 7.14. The molecule has 1 saturated heterocycles. The third-order valence-electron chi connectivity index (χ3n) is 3.59. The summed E-state index contributed by atoms with van der Waals surface area (Å²) in [7, 11) is 1.70. The minimum atomic E-state index is 0.0846. The van der Waals surface area contributed by atoms with Gasteiger partial charge in [-0.05, 0) is 13.0 Å². The Kier molecular flexibility index (Phi) is 4.98. The van der Waals surface area contributed by atoms with Crippen molar-refractivity contribution in [3.8, 4) is 11.3 Å². The third kappa shape index (κ3) is 3.43. The van der Waals surface area contributed by atoms with Crippen LogP contribution in [0.3, 0.4) is 0 Å². The first-order valence-corrected chi connectivity index (χ1v) is 8.53. The van der Waals surface area contributed by atoms with Crippen molar-refractivity contribution in [1.82, 2.24) is 4.98 Å². The van der Waals surface area contributed by atoms with Crippen LogP contribution in [0.2, 0.25) is 5.02 Å². The molecule has 2 aromatic rings. The van der Waals surface area contributed by atoms with E-state index in [4.69, 9.17) is 26.1 Å². The van der Waals surface area contributed by atoms with Crippen molar-refractivity contribution in [1.29, 1.82) is 0 Å². The average Bonchev–Trinajstić information content (AvgIpc) is 2.97. The zero-order chi connectivity index (χ0) is 15.5. The fraction of sp³-hybridized carbons (Fsp3) is 0.438. The smallest absolute Gasteiger partial charge is 0.186 e. The number of ether oxygens (including phenoxy) is 2. The summed E-state index contributed by atoms with van der Waals surface area (Å²) >= 11 is 7.90. The van der Waals surface area contributed by atoms with E-state index in [2.05, 4.69) is 17.2 Å². The van der Waals surface area contributed by atoms with Gasteiger partial charge in [0.2, 0.25) is 0 Å². The molecule has 0 N–H and O–H groups in total. The van der Waals surface area contributed by atoms with E-state index in [1.165, 1.54) is 0 Å². The molecule has 0 radical (unpaired) electrons. The first-order chi connectivity index (χ1) is 10.7. The van der Waals surface area contributed by atoms with E-state index >= 15 is 0 Å². The van der Waals surface area contributed by atoms with Gasteiger partial charge in [0.15, 0.2) is 5.13 Å². The number of hydrogen-bond donors (Lipinski definition) is 0. The van der Waals surface area contributed by atoms with Crippen molar-refractivity contribution in [2.24, 2.45) is 0 Å². The topological polar surface area (TPSA) is 34.6 Å². The molecule has 1 aromatic carbocycles. The third-order valence-corrected chi connectivity index (χ3v) is 4.82. The van der Waals surface area contributed by atoms with Crippen molar-refractivity contribution in [2.75, 3.05) is 31.7 Å². The zero-order valence-electron chi connectivity index (χ0n) is 12.7. The zero-order valence-corrected chi connectivity index (χ0v) is 14.2. The van der Waals surface area contributed by atoms with Gasteiger partial charge < -0.3 is 14.4 Å². The van der Waals surface area contributed by atoms with Gasteiger partial charge in [-0.3, -0.25) is 0 Å². The lowest BCUT2D eigenvalue weighted by molar-refractivity contribution is -0.0510. The molecular weight excluding hydrogens is 320 g/mol. The summed E-state index contributed by atoms with van der Waals surface area (Å²) in [5.74, 6) is 0. The molecule has 4 nitrogen and oxygen atoms in total. The number of aromatic nitrogens is 1. The molecule has 0 amide bonds. The van der Waals surface area contributed by atoms with Crippen LogP contribution in [0, 0.1) is 0 Å². The second-order valence-electron chi connectivity index (χ2n) is 5.42. The SMILES string of the molecule is COCC1CN(c2nc(-c3ccccc3Cl)cs2)CC(C)O1. The molecule has 2 unspecified atom stereocenters. The number of halogens is 1. The summed E-state index contributed by atoms with van der Waals surface area (Å²) in [6.07, 6.45) is 0.253. The Bertz CT molecular complexity index is 634. The maximum absolute atomic E-state index is 6.26. The van der Waals surface area contributed by atoms with Crippen LogP contribution in [0.1, 0.15) is 6.92 Å². The van der Waals surface area contributed by atoms with Crippen molar-refractivity contribution >= 4 is 28.1 Å². The lowest BCUT2D eigenvalue weighted by Gasteiger charge is -2.36. The van der Waals surface area contributed by atoms with Gasteiger partial charge in [0.1, 0.15) is 0 Å². The largest absolute Gasteiger partial charge is 0.382 e. The second-order valence-corrected chi connectivity index (χ2v) is 6.67. The number of benzene rings is 1. The first kappa shape index (κ1) is 15.7. The molecule has 1 aromatic heterocycles. The lowest BCUT2D eigenvalue weighted by Crippen LogP contribution is -2.48. The summed E-state index contributed by atoms with van der Waals surface area (Å²) < 4.78 is 11.1. The van der Waals surface area contributed by atoms with E-state index < -0.39 is 0 Å². The van der Waals surface area contributed by atoms with Crippen LogP contribution in [-0.4, -0.2) is 44.0 Å².